The number of nitrogens with zero attached hydrogens (tertiary/aromatic N) is 1. The van der Waals surface area contributed by atoms with Crippen LogP contribution < -0.4 is 4.90 Å². The number of hydrogen-bond donors (Lipinski definition) is 0. The van der Waals surface area contributed by atoms with Crippen LogP contribution in [0, 0.1) is 0 Å². The fraction of sp³-hybridized carbons (Fsp3) is 0.429. The quantitative estimate of drug-likeness (QED) is 0.456. The molecule has 0 aromatic heterocycles. The van der Waals surface area contributed by atoms with E-state index in [4.69, 9.17) is 9.47 Å². The van der Waals surface area contributed by atoms with Crippen LogP contribution >= 0.6 is 0 Å². The monoisotopic (exact) mass is 263 g/mol. The molecule has 1 aliphatic rings. The lowest BCUT2D eigenvalue weighted by Gasteiger charge is -2.15. The van der Waals surface area contributed by atoms with Crippen molar-refractivity contribution >= 4 is 17.6 Å². The molecule has 0 radical (unpaired) electrons. The zero-order valence-electron chi connectivity index (χ0n) is 11.1. The molecule has 0 spiro atoms. The van der Waals surface area contributed by atoms with Crippen LogP contribution in [0.15, 0.2) is 30.3 Å². The van der Waals surface area contributed by atoms with Crippen molar-refractivity contribution in [2.75, 3.05) is 24.7 Å². The Labute approximate surface area is 112 Å². The Morgan fingerprint density at radius 2 is 1.63 bits per heavy atom. The summed E-state index contributed by atoms with van der Waals surface area (Å²) in [7, 11) is 0. The van der Waals surface area contributed by atoms with E-state index < -0.39 is 17.5 Å². The van der Waals surface area contributed by atoms with E-state index in [9.17, 15) is 9.59 Å². The number of benzene rings is 1. The Balaban J connectivity index is 2.24. The Morgan fingerprint density at radius 1 is 1.11 bits per heavy atom. The Hall–Kier alpha value is -2.04. The second kappa shape index (κ2) is 5.30. The van der Waals surface area contributed by atoms with Gasteiger partial charge in [0.05, 0.1) is 19.8 Å². The van der Waals surface area contributed by atoms with Gasteiger partial charge in [0.25, 0.3) is 5.54 Å². The van der Waals surface area contributed by atoms with Crippen molar-refractivity contribution in [2.24, 2.45) is 0 Å². The fourth-order valence-electron chi connectivity index (χ4n) is 2.05. The summed E-state index contributed by atoms with van der Waals surface area (Å²) in [6.07, 6.45) is 0. The Kier molecular flexibility index (Phi) is 3.74. The zero-order chi connectivity index (χ0) is 13.9. The second-order valence-electron chi connectivity index (χ2n) is 4.22. The summed E-state index contributed by atoms with van der Waals surface area (Å²) in [6, 6.07) is 9.28. The van der Waals surface area contributed by atoms with Crippen molar-refractivity contribution < 1.29 is 19.1 Å². The van der Waals surface area contributed by atoms with Gasteiger partial charge in [-0.25, -0.2) is 9.59 Å². The number of hydrogen-bond acceptors (Lipinski definition) is 5. The van der Waals surface area contributed by atoms with Gasteiger partial charge in [-0.2, -0.15) is 0 Å². The van der Waals surface area contributed by atoms with Gasteiger partial charge in [-0.15, -0.1) is 0 Å². The number of rotatable bonds is 5. The van der Waals surface area contributed by atoms with Gasteiger partial charge in [-0.05, 0) is 26.0 Å². The molecule has 1 fully saturated rings. The van der Waals surface area contributed by atoms with E-state index in [1.165, 1.54) is 0 Å². The normalized spacial score (nSPS) is 15.8. The summed E-state index contributed by atoms with van der Waals surface area (Å²) in [6.45, 7) is 4.21. The van der Waals surface area contributed by atoms with E-state index in [2.05, 4.69) is 0 Å². The molecule has 0 unspecified atom stereocenters. The standard InChI is InChI=1S/C14H17NO4/c1-3-18-12(16)14(13(17)19-4-2)10-15(14)11-8-6-5-7-9-11/h5-9H,3-4,10H2,1-2H3. The van der Waals surface area contributed by atoms with Gasteiger partial charge in [0.1, 0.15) is 0 Å². The summed E-state index contributed by atoms with van der Waals surface area (Å²) >= 11 is 0. The van der Waals surface area contributed by atoms with E-state index in [0.717, 1.165) is 5.69 Å². The van der Waals surface area contributed by atoms with Crippen molar-refractivity contribution in [3.8, 4) is 0 Å². The minimum Gasteiger partial charge on any atom is -0.464 e. The fourth-order valence-corrected chi connectivity index (χ4v) is 2.05. The smallest absolute Gasteiger partial charge is 0.345 e. The third-order valence-electron chi connectivity index (χ3n) is 3.04. The van der Waals surface area contributed by atoms with Crippen LogP contribution in [0.1, 0.15) is 13.8 Å². The molecule has 2 rings (SSSR count). The summed E-state index contributed by atoms with van der Waals surface area (Å²) in [5.74, 6) is -1.09. The van der Waals surface area contributed by atoms with Gasteiger partial charge in [0.15, 0.2) is 0 Å². The molecule has 5 heteroatoms. The third-order valence-corrected chi connectivity index (χ3v) is 3.04. The molecular weight excluding hydrogens is 246 g/mol. The molecule has 19 heavy (non-hydrogen) atoms. The van der Waals surface area contributed by atoms with Crippen LogP contribution in [-0.4, -0.2) is 37.2 Å². The van der Waals surface area contributed by atoms with E-state index in [0.29, 0.717) is 6.54 Å². The van der Waals surface area contributed by atoms with Crippen LogP contribution in [0.3, 0.4) is 0 Å². The molecule has 1 aliphatic heterocycles. The zero-order valence-corrected chi connectivity index (χ0v) is 11.1. The molecule has 0 aliphatic carbocycles. The predicted octanol–water partition coefficient (Wildman–Crippen LogP) is 1.37. The largest absolute Gasteiger partial charge is 0.464 e. The maximum absolute atomic E-state index is 12.1. The summed E-state index contributed by atoms with van der Waals surface area (Å²) in [4.78, 5) is 25.8. The van der Waals surface area contributed by atoms with Crippen molar-refractivity contribution in [3.05, 3.63) is 30.3 Å². The molecule has 0 atom stereocenters. The van der Waals surface area contributed by atoms with Gasteiger partial charge in [0.2, 0.25) is 0 Å². The highest BCUT2D eigenvalue weighted by Crippen LogP contribution is 2.40. The number of anilines is 1. The SMILES string of the molecule is CCOC(=O)C1(C(=O)OCC)CN1c1ccccc1. The van der Waals surface area contributed by atoms with Crippen molar-refractivity contribution in [1.82, 2.24) is 0 Å². The first-order valence-electron chi connectivity index (χ1n) is 6.34. The number of carbonyl (C=O) groups excluding carboxylic acids is 2. The first-order valence-corrected chi connectivity index (χ1v) is 6.34. The van der Waals surface area contributed by atoms with E-state index in [1.54, 1.807) is 18.7 Å². The van der Waals surface area contributed by atoms with Crippen molar-refractivity contribution in [1.29, 1.82) is 0 Å². The van der Waals surface area contributed by atoms with Gasteiger partial charge < -0.3 is 14.4 Å². The molecule has 102 valence electrons. The number of ether oxygens (including phenoxy) is 2. The summed E-state index contributed by atoms with van der Waals surface area (Å²) in [5, 5.41) is 0. The highest BCUT2D eigenvalue weighted by Gasteiger charge is 2.67. The molecule has 1 heterocycles. The number of carbonyl (C=O) groups is 2. The average Bonchev–Trinajstić information content (AvgIpc) is 3.17. The highest BCUT2D eigenvalue weighted by atomic mass is 16.6. The maximum atomic E-state index is 12.1. The third kappa shape index (κ3) is 2.28. The molecular formula is C14H17NO4. The molecule has 1 aromatic rings. The van der Waals surface area contributed by atoms with Crippen LogP contribution in [0.5, 0.6) is 0 Å². The van der Waals surface area contributed by atoms with Crippen LogP contribution in [0.4, 0.5) is 5.69 Å². The molecule has 1 saturated heterocycles. The lowest BCUT2D eigenvalue weighted by atomic mass is 10.1. The number of para-hydroxylation sites is 1. The molecule has 0 amide bonds. The van der Waals surface area contributed by atoms with Gasteiger partial charge in [-0.3, -0.25) is 0 Å². The van der Waals surface area contributed by atoms with Gasteiger partial charge >= 0.3 is 11.9 Å². The first-order chi connectivity index (χ1) is 9.16. The molecule has 0 saturated carbocycles. The molecule has 0 N–H and O–H groups in total. The van der Waals surface area contributed by atoms with Gasteiger partial charge in [0, 0.05) is 5.69 Å². The summed E-state index contributed by atoms with van der Waals surface area (Å²) in [5.41, 5.74) is -0.489. The summed E-state index contributed by atoms with van der Waals surface area (Å²) < 4.78 is 10.0. The molecule has 0 bridgehead atoms. The van der Waals surface area contributed by atoms with Crippen molar-refractivity contribution in [2.45, 2.75) is 19.4 Å². The lowest BCUT2D eigenvalue weighted by Crippen LogP contribution is -2.41. The Morgan fingerprint density at radius 3 is 2.11 bits per heavy atom. The first kappa shape index (κ1) is 13.4. The average molecular weight is 263 g/mol. The van der Waals surface area contributed by atoms with Crippen LogP contribution in [0.25, 0.3) is 0 Å². The van der Waals surface area contributed by atoms with Crippen LogP contribution in [-0.2, 0) is 19.1 Å². The van der Waals surface area contributed by atoms with Gasteiger partial charge in [-0.1, -0.05) is 18.2 Å². The molecule has 5 nitrogen and oxygen atoms in total. The lowest BCUT2D eigenvalue weighted by molar-refractivity contribution is -0.158. The minimum atomic E-state index is -1.30. The maximum Gasteiger partial charge on any atom is 0.345 e. The van der Waals surface area contributed by atoms with Crippen LogP contribution in [0.2, 0.25) is 0 Å². The highest BCUT2D eigenvalue weighted by molar-refractivity contribution is 6.14. The topological polar surface area (TPSA) is 55.6 Å². The number of esters is 2. The Bertz CT molecular complexity index is 454. The molecule has 1 aromatic carbocycles. The van der Waals surface area contributed by atoms with E-state index >= 15 is 0 Å². The second-order valence-corrected chi connectivity index (χ2v) is 4.22. The van der Waals surface area contributed by atoms with E-state index in [1.807, 2.05) is 30.3 Å². The minimum absolute atomic E-state index is 0.239. The van der Waals surface area contributed by atoms with Crippen molar-refractivity contribution in [3.63, 3.8) is 0 Å². The predicted molar refractivity (Wildman–Crippen MR) is 69.8 cm³/mol. The van der Waals surface area contributed by atoms with E-state index in [-0.39, 0.29) is 13.2 Å².